The minimum Gasteiger partial charge on any atom is -0.363 e. The van der Waals surface area contributed by atoms with Gasteiger partial charge in [-0.25, -0.2) is 0 Å². The number of anilines is 1. The summed E-state index contributed by atoms with van der Waals surface area (Å²) < 4.78 is 0. The molecule has 1 heterocycles. The van der Waals surface area contributed by atoms with E-state index in [0.29, 0.717) is 15.2 Å². The molecule has 1 aromatic heterocycles. The molecule has 1 amide bonds. The minimum atomic E-state index is -0.235. The summed E-state index contributed by atoms with van der Waals surface area (Å²) in [4.78, 5) is 12.0. The Labute approximate surface area is 120 Å². The number of aromatic nitrogens is 2. The van der Waals surface area contributed by atoms with E-state index < -0.39 is 0 Å². The van der Waals surface area contributed by atoms with Gasteiger partial charge < -0.3 is 10.6 Å². The molecule has 0 bridgehead atoms. The Balaban J connectivity index is 2.04. The Morgan fingerprint density at radius 3 is 2.58 bits per heavy atom. The normalized spacial score (nSPS) is 11.9. The number of nitrogens with zero attached hydrogens (tertiary/aromatic N) is 2. The number of rotatable bonds is 4. The number of amides is 1. The van der Waals surface area contributed by atoms with Gasteiger partial charge in [0.2, 0.25) is 10.1 Å². The summed E-state index contributed by atoms with van der Waals surface area (Å²) in [5.74, 6) is -0.235. The van der Waals surface area contributed by atoms with Gasteiger partial charge in [-0.1, -0.05) is 35.1 Å². The van der Waals surface area contributed by atoms with Crippen molar-refractivity contribution in [2.24, 2.45) is 0 Å². The standard InChI is InChI=1S/C12H13ClN4OS/c1-7(8-3-5-9(13)6-4-8)15-10(18)11-16-17-12(14-2)19-11/h3-7H,1-2H3,(H,14,17)(H,15,18). The van der Waals surface area contributed by atoms with E-state index in [9.17, 15) is 4.79 Å². The van der Waals surface area contributed by atoms with Crippen molar-refractivity contribution in [3.8, 4) is 0 Å². The van der Waals surface area contributed by atoms with Crippen molar-refractivity contribution in [3.05, 3.63) is 39.9 Å². The van der Waals surface area contributed by atoms with Crippen LogP contribution in [0, 0.1) is 0 Å². The zero-order chi connectivity index (χ0) is 13.8. The molecule has 0 aliphatic carbocycles. The lowest BCUT2D eigenvalue weighted by atomic mass is 10.1. The zero-order valence-electron chi connectivity index (χ0n) is 10.5. The molecule has 1 unspecified atom stereocenters. The van der Waals surface area contributed by atoms with Crippen LogP contribution in [0.2, 0.25) is 5.02 Å². The maximum Gasteiger partial charge on any atom is 0.282 e. The van der Waals surface area contributed by atoms with Gasteiger partial charge in [-0.2, -0.15) is 0 Å². The summed E-state index contributed by atoms with van der Waals surface area (Å²) >= 11 is 7.04. The molecule has 1 aromatic carbocycles. The molecule has 5 nitrogen and oxygen atoms in total. The number of halogens is 1. The first-order valence-corrected chi connectivity index (χ1v) is 6.87. The SMILES string of the molecule is CNc1nnc(C(=O)NC(C)c2ccc(Cl)cc2)s1. The number of carbonyl (C=O) groups is 1. The van der Waals surface area contributed by atoms with E-state index >= 15 is 0 Å². The van der Waals surface area contributed by atoms with Crippen molar-refractivity contribution in [2.45, 2.75) is 13.0 Å². The fraction of sp³-hybridized carbons (Fsp3) is 0.250. The van der Waals surface area contributed by atoms with Gasteiger partial charge in [-0.05, 0) is 24.6 Å². The van der Waals surface area contributed by atoms with Crippen LogP contribution in [0.4, 0.5) is 5.13 Å². The fourth-order valence-corrected chi connectivity index (χ4v) is 2.24. The van der Waals surface area contributed by atoms with Gasteiger partial charge in [-0.15, -0.1) is 10.2 Å². The molecule has 0 saturated carbocycles. The molecule has 0 fully saturated rings. The maximum absolute atomic E-state index is 12.0. The average molecular weight is 297 g/mol. The Morgan fingerprint density at radius 1 is 1.32 bits per heavy atom. The largest absolute Gasteiger partial charge is 0.363 e. The van der Waals surface area contributed by atoms with Crippen LogP contribution in [0.5, 0.6) is 0 Å². The first-order valence-electron chi connectivity index (χ1n) is 5.67. The van der Waals surface area contributed by atoms with E-state index in [4.69, 9.17) is 11.6 Å². The summed E-state index contributed by atoms with van der Waals surface area (Å²) in [6, 6.07) is 7.23. The molecule has 2 aromatic rings. The van der Waals surface area contributed by atoms with Crippen LogP contribution >= 0.6 is 22.9 Å². The van der Waals surface area contributed by atoms with Crippen molar-refractivity contribution < 1.29 is 4.79 Å². The summed E-state index contributed by atoms with van der Waals surface area (Å²) in [6.45, 7) is 1.90. The predicted molar refractivity (Wildman–Crippen MR) is 76.8 cm³/mol. The van der Waals surface area contributed by atoms with E-state index in [0.717, 1.165) is 5.56 Å². The highest BCUT2D eigenvalue weighted by Gasteiger charge is 2.15. The molecule has 19 heavy (non-hydrogen) atoms. The van der Waals surface area contributed by atoms with Gasteiger partial charge in [0.15, 0.2) is 0 Å². The molecular weight excluding hydrogens is 284 g/mol. The third kappa shape index (κ3) is 3.42. The van der Waals surface area contributed by atoms with Crippen LogP contribution in [0.3, 0.4) is 0 Å². The van der Waals surface area contributed by atoms with Crippen LogP contribution in [0.25, 0.3) is 0 Å². The second-order valence-corrected chi connectivity index (χ2v) is 5.32. The minimum absolute atomic E-state index is 0.119. The van der Waals surface area contributed by atoms with Gasteiger partial charge in [0.1, 0.15) is 0 Å². The highest BCUT2D eigenvalue weighted by atomic mass is 35.5. The molecule has 0 radical (unpaired) electrons. The van der Waals surface area contributed by atoms with Gasteiger partial charge in [0.25, 0.3) is 5.91 Å². The number of hydrogen-bond acceptors (Lipinski definition) is 5. The molecule has 0 saturated heterocycles. The van der Waals surface area contributed by atoms with Gasteiger partial charge >= 0.3 is 0 Å². The lowest BCUT2D eigenvalue weighted by Gasteiger charge is -2.13. The smallest absolute Gasteiger partial charge is 0.282 e. The predicted octanol–water partition coefficient (Wildman–Crippen LogP) is 2.72. The lowest BCUT2D eigenvalue weighted by molar-refractivity contribution is 0.0939. The Bertz CT molecular complexity index is 569. The molecule has 0 aliphatic rings. The van der Waals surface area contributed by atoms with Crippen LogP contribution in [0.15, 0.2) is 24.3 Å². The molecular formula is C12H13ClN4OS. The van der Waals surface area contributed by atoms with E-state index in [1.807, 2.05) is 19.1 Å². The lowest BCUT2D eigenvalue weighted by Crippen LogP contribution is -2.26. The van der Waals surface area contributed by atoms with E-state index in [-0.39, 0.29) is 11.9 Å². The topological polar surface area (TPSA) is 66.9 Å². The quantitative estimate of drug-likeness (QED) is 0.910. The first kappa shape index (κ1) is 13.8. The van der Waals surface area contributed by atoms with Crippen LogP contribution in [-0.2, 0) is 0 Å². The molecule has 7 heteroatoms. The molecule has 0 spiro atoms. The third-order valence-corrected chi connectivity index (χ3v) is 3.74. The highest BCUT2D eigenvalue weighted by Crippen LogP contribution is 2.18. The highest BCUT2D eigenvalue weighted by molar-refractivity contribution is 7.17. The number of benzene rings is 1. The molecule has 0 aliphatic heterocycles. The number of nitrogens with one attached hydrogen (secondary N) is 2. The number of hydrogen-bond donors (Lipinski definition) is 2. The van der Waals surface area contributed by atoms with Crippen LogP contribution in [0.1, 0.15) is 28.3 Å². The zero-order valence-corrected chi connectivity index (χ0v) is 12.0. The van der Waals surface area contributed by atoms with Crippen LogP contribution in [-0.4, -0.2) is 23.2 Å². The maximum atomic E-state index is 12.0. The first-order chi connectivity index (χ1) is 9.10. The Kier molecular flexibility index (Phi) is 4.34. The summed E-state index contributed by atoms with van der Waals surface area (Å²) in [7, 11) is 1.73. The summed E-state index contributed by atoms with van der Waals surface area (Å²) in [5.41, 5.74) is 0.983. The van der Waals surface area contributed by atoms with E-state index in [2.05, 4.69) is 20.8 Å². The second-order valence-electron chi connectivity index (χ2n) is 3.91. The molecule has 2 N–H and O–H groups in total. The van der Waals surface area contributed by atoms with Crippen molar-refractivity contribution >= 4 is 34.0 Å². The summed E-state index contributed by atoms with van der Waals surface area (Å²) in [6.07, 6.45) is 0. The summed E-state index contributed by atoms with van der Waals surface area (Å²) in [5, 5.41) is 15.0. The van der Waals surface area contributed by atoms with Crippen molar-refractivity contribution in [1.29, 1.82) is 0 Å². The third-order valence-electron chi connectivity index (χ3n) is 2.55. The van der Waals surface area contributed by atoms with E-state index in [1.165, 1.54) is 11.3 Å². The van der Waals surface area contributed by atoms with E-state index in [1.54, 1.807) is 19.2 Å². The molecule has 2 rings (SSSR count). The van der Waals surface area contributed by atoms with Gasteiger partial charge in [-0.3, -0.25) is 4.79 Å². The van der Waals surface area contributed by atoms with Crippen molar-refractivity contribution in [1.82, 2.24) is 15.5 Å². The van der Waals surface area contributed by atoms with Gasteiger partial charge in [0.05, 0.1) is 6.04 Å². The Hall–Kier alpha value is -1.66. The second kappa shape index (κ2) is 5.99. The Morgan fingerprint density at radius 2 is 2.00 bits per heavy atom. The number of carbonyl (C=O) groups excluding carboxylic acids is 1. The van der Waals surface area contributed by atoms with Gasteiger partial charge in [0, 0.05) is 12.1 Å². The monoisotopic (exact) mass is 296 g/mol. The average Bonchev–Trinajstić information content (AvgIpc) is 2.88. The van der Waals surface area contributed by atoms with Crippen LogP contribution < -0.4 is 10.6 Å². The van der Waals surface area contributed by atoms with Crippen molar-refractivity contribution in [3.63, 3.8) is 0 Å². The molecule has 100 valence electrons. The van der Waals surface area contributed by atoms with Crippen molar-refractivity contribution in [2.75, 3.05) is 12.4 Å². The fourth-order valence-electron chi connectivity index (χ4n) is 1.51. The molecule has 1 atom stereocenters.